The second kappa shape index (κ2) is 2.80. The second-order valence-electron chi connectivity index (χ2n) is 4.80. The van der Waals surface area contributed by atoms with Gasteiger partial charge in [0, 0.05) is 24.7 Å². The molecule has 1 heterocycles. The van der Waals surface area contributed by atoms with E-state index in [9.17, 15) is 4.79 Å². The molecular formula is C11H16O3. The molecule has 1 aliphatic heterocycles. The normalized spacial score (nSPS) is 40.4. The third kappa shape index (κ3) is 0.971. The van der Waals surface area contributed by atoms with Gasteiger partial charge in [0.25, 0.3) is 0 Å². The number of carbonyl (C=O) groups is 1. The van der Waals surface area contributed by atoms with Crippen LogP contribution in [0.25, 0.3) is 0 Å². The van der Waals surface area contributed by atoms with E-state index in [0.717, 1.165) is 32.1 Å². The number of fused-ring (bicyclic) bond motifs is 1. The maximum Gasteiger partial charge on any atom is 0.174 e. The predicted molar refractivity (Wildman–Crippen MR) is 49.8 cm³/mol. The van der Waals surface area contributed by atoms with Gasteiger partial charge in [-0.3, -0.25) is 4.79 Å². The standard InChI is InChI=1S/C11H16O3/c12-9-2-5-10(8-9)3-1-4-11(10)13-6-7-14-11/h1-8H2. The summed E-state index contributed by atoms with van der Waals surface area (Å²) in [4.78, 5) is 11.4. The SMILES string of the molecule is O=C1CCC2(CCCC23OCCO3)C1. The quantitative estimate of drug-likeness (QED) is 0.591. The molecule has 78 valence electrons. The summed E-state index contributed by atoms with van der Waals surface area (Å²) in [5.74, 6) is 0.0180. The number of ketones is 1. The van der Waals surface area contributed by atoms with Crippen LogP contribution in [0.5, 0.6) is 0 Å². The molecule has 0 aromatic heterocycles. The largest absolute Gasteiger partial charge is 0.347 e. The number of hydrogen-bond donors (Lipinski definition) is 0. The molecule has 0 radical (unpaired) electrons. The van der Waals surface area contributed by atoms with Crippen molar-refractivity contribution in [2.24, 2.45) is 5.41 Å². The molecule has 0 aromatic carbocycles. The summed E-state index contributed by atoms with van der Waals surface area (Å²) in [6.07, 6.45) is 5.64. The molecule has 1 saturated heterocycles. The molecule has 1 unspecified atom stereocenters. The van der Waals surface area contributed by atoms with Gasteiger partial charge in [0.05, 0.1) is 13.2 Å². The van der Waals surface area contributed by atoms with Crippen molar-refractivity contribution in [3.8, 4) is 0 Å². The first-order valence-corrected chi connectivity index (χ1v) is 5.56. The fraction of sp³-hybridized carbons (Fsp3) is 0.909. The minimum absolute atomic E-state index is 0.0422. The molecule has 3 nitrogen and oxygen atoms in total. The monoisotopic (exact) mass is 196 g/mol. The maximum absolute atomic E-state index is 11.4. The van der Waals surface area contributed by atoms with Gasteiger partial charge in [-0.25, -0.2) is 0 Å². The van der Waals surface area contributed by atoms with E-state index in [1.54, 1.807) is 0 Å². The fourth-order valence-corrected chi connectivity index (χ4v) is 3.49. The second-order valence-corrected chi connectivity index (χ2v) is 4.80. The molecule has 3 heteroatoms. The lowest BCUT2D eigenvalue weighted by Gasteiger charge is -2.38. The molecule has 14 heavy (non-hydrogen) atoms. The summed E-state index contributed by atoms with van der Waals surface area (Å²) in [6.45, 7) is 1.41. The number of carbonyl (C=O) groups excluding carboxylic acids is 1. The maximum atomic E-state index is 11.4. The lowest BCUT2D eigenvalue weighted by atomic mass is 9.79. The van der Waals surface area contributed by atoms with E-state index in [0.29, 0.717) is 25.4 Å². The summed E-state index contributed by atoms with van der Waals surface area (Å²) >= 11 is 0. The van der Waals surface area contributed by atoms with Gasteiger partial charge in [0.15, 0.2) is 5.79 Å². The Morgan fingerprint density at radius 3 is 2.50 bits per heavy atom. The smallest absolute Gasteiger partial charge is 0.174 e. The highest BCUT2D eigenvalue weighted by Gasteiger charge is 2.61. The van der Waals surface area contributed by atoms with Crippen LogP contribution in [0, 0.1) is 5.41 Å². The van der Waals surface area contributed by atoms with Gasteiger partial charge in [-0.05, 0) is 19.3 Å². The molecule has 3 fully saturated rings. The van der Waals surface area contributed by atoms with Crippen LogP contribution in [0.1, 0.15) is 38.5 Å². The topological polar surface area (TPSA) is 35.5 Å². The van der Waals surface area contributed by atoms with Crippen molar-refractivity contribution in [2.75, 3.05) is 13.2 Å². The summed E-state index contributed by atoms with van der Waals surface area (Å²) < 4.78 is 11.6. The van der Waals surface area contributed by atoms with E-state index in [-0.39, 0.29) is 11.2 Å². The van der Waals surface area contributed by atoms with Crippen molar-refractivity contribution in [1.82, 2.24) is 0 Å². The molecule has 3 aliphatic rings. The zero-order valence-corrected chi connectivity index (χ0v) is 8.38. The van der Waals surface area contributed by atoms with E-state index in [4.69, 9.17) is 9.47 Å². The number of Topliss-reactive ketones (excluding diaryl/α,β-unsaturated/α-hetero) is 1. The van der Waals surface area contributed by atoms with Crippen LogP contribution in [0.4, 0.5) is 0 Å². The number of hydrogen-bond acceptors (Lipinski definition) is 3. The van der Waals surface area contributed by atoms with Crippen LogP contribution < -0.4 is 0 Å². The highest BCUT2D eigenvalue weighted by Crippen LogP contribution is 2.58. The van der Waals surface area contributed by atoms with Crippen molar-refractivity contribution >= 4 is 5.78 Å². The first-order valence-electron chi connectivity index (χ1n) is 5.56. The average molecular weight is 196 g/mol. The van der Waals surface area contributed by atoms with Crippen LogP contribution in [0.3, 0.4) is 0 Å². The molecule has 1 atom stereocenters. The van der Waals surface area contributed by atoms with E-state index >= 15 is 0 Å². The predicted octanol–water partition coefficient (Wildman–Crippen LogP) is 1.65. The van der Waals surface area contributed by atoms with Gasteiger partial charge in [-0.1, -0.05) is 0 Å². The lowest BCUT2D eigenvalue weighted by molar-refractivity contribution is -0.219. The lowest BCUT2D eigenvalue weighted by Crippen LogP contribution is -2.43. The van der Waals surface area contributed by atoms with Crippen molar-refractivity contribution in [3.63, 3.8) is 0 Å². The minimum atomic E-state index is -0.376. The molecule has 2 spiro atoms. The van der Waals surface area contributed by atoms with Crippen molar-refractivity contribution in [3.05, 3.63) is 0 Å². The van der Waals surface area contributed by atoms with Crippen LogP contribution >= 0.6 is 0 Å². The van der Waals surface area contributed by atoms with Crippen LogP contribution in [0.15, 0.2) is 0 Å². The molecule has 0 aromatic rings. The summed E-state index contributed by atoms with van der Waals surface area (Å²) in [6, 6.07) is 0. The van der Waals surface area contributed by atoms with Crippen LogP contribution in [0.2, 0.25) is 0 Å². The minimum Gasteiger partial charge on any atom is -0.347 e. The number of ether oxygens (including phenoxy) is 2. The summed E-state index contributed by atoms with van der Waals surface area (Å²) in [5.41, 5.74) is 0.0422. The average Bonchev–Trinajstić information content (AvgIpc) is 2.82. The molecule has 2 saturated carbocycles. The van der Waals surface area contributed by atoms with Crippen molar-refractivity contribution in [2.45, 2.75) is 44.3 Å². The Kier molecular flexibility index (Phi) is 1.77. The molecule has 3 rings (SSSR count). The van der Waals surface area contributed by atoms with Gasteiger partial charge in [-0.2, -0.15) is 0 Å². The first kappa shape index (κ1) is 8.86. The van der Waals surface area contributed by atoms with E-state index in [2.05, 4.69) is 0 Å². The molecule has 0 bridgehead atoms. The first-order chi connectivity index (χ1) is 6.77. The Morgan fingerprint density at radius 2 is 1.86 bits per heavy atom. The van der Waals surface area contributed by atoms with E-state index in [1.165, 1.54) is 0 Å². The third-order valence-electron chi connectivity index (χ3n) is 4.14. The van der Waals surface area contributed by atoms with Gasteiger partial charge < -0.3 is 9.47 Å². The zero-order valence-electron chi connectivity index (χ0n) is 8.38. The third-order valence-corrected chi connectivity index (χ3v) is 4.14. The van der Waals surface area contributed by atoms with Crippen molar-refractivity contribution < 1.29 is 14.3 Å². The van der Waals surface area contributed by atoms with Gasteiger partial charge in [0.2, 0.25) is 0 Å². The molecule has 2 aliphatic carbocycles. The molecule has 0 N–H and O–H groups in total. The number of rotatable bonds is 0. The van der Waals surface area contributed by atoms with Gasteiger partial charge >= 0.3 is 0 Å². The summed E-state index contributed by atoms with van der Waals surface area (Å²) in [5, 5.41) is 0. The Labute approximate surface area is 83.8 Å². The molecular weight excluding hydrogens is 180 g/mol. The van der Waals surface area contributed by atoms with Crippen LogP contribution in [-0.2, 0) is 14.3 Å². The molecule has 0 amide bonds. The highest BCUT2D eigenvalue weighted by molar-refractivity contribution is 5.81. The zero-order chi connectivity index (χ0) is 9.65. The van der Waals surface area contributed by atoms with E-state index < -0.39 is 0 Å². The van der Waals surface area contributed by atoms with Crippen LogP contribution in [-0.4, -0.2) is 24.8 Å². The Morgan fingerprint density at radius 1 is 1.07 bits per heavy atom. The fourth-order valence-electron chi connectivity index (χ4n) is 3.49. The van der Waals surface area contributed by atoms with Gasteiger partial charge in [0.1, 0.15) is 5.78 Å². The van der Waals surface area contributed by atoms with Gasteiger partial charge in [-0.15, -0.1) is 0 Å². The van der Waals surface area contributed by atoms with Crippen molar-refractivity contribution in [1.29, 1.82) is 0 Å². The Bertz CT molecular complexity index is 262. The Hall–Kier alpha value is -0.410. The summed E-state index contributed by atoms with van der Waals surface area (Å²) in [7, 11) is 0. The van der Waals surface area contributed by atoms with E-state index in [1.807, 2.05) is 0 Å². The Balaban J connectivity index is 1.94. The highest BCUT2D eigenvalue weighted by atomic mass is 16.7.